The third-order valence-corrected chi connectivity index (χ3v) is 7.63. The number of hydrogen-bond acceptors (Lipinski definition) is 8. The summed E-state index contributed by atoms with van der Waals surface area (Å²) in [6.45, 7) is 12.7. The standard InChI is InChI=1S/C30H48O8/c1-8-24(33)21(5)29-25(37-29)16-18(2)10-9-11-19(3)28-20(4)12-13-26(36-22(6)31)30(7,35)15-14-23(32)17-27(34)38-28/h9-13,18,20-21,23-26,28-29,32-33,35H,8,14-17H2,1-7H3/b10-9+,13-12-,19-11+. The van der Waals surface area contributed by atoms with Gasteiger partial charge < -0.3 is 29.5 Å². The summed E-state index contributed by atoms with van der Waals surface area (Å²) in [4.78, 5) is 24.2. The van der Waals surface area contributed by atoms with Gasteiger partial charge in [0.2, 0.25) is 0 Å². The molecular weight excluding hydrogens is 488 g/mol. The molecule has 2 aliphatic heterocycles. The van der Waals surface area contributed by atoms with E-state index in [0.717, 1.165) is 18.4 Å². The van der Waals surface area contributed by atoms with Crippen molar-refractivity contribution in [2.45, 2.75) is 123 Å². The Morgan fingerprint density at radius 2 is 1.97 bits per heavy atom. The second-order valence-corrected chi connectivity index (χ2v) is 11.4. The lowest BCUT2D eigenvalue weighted by atomic mass is 9.88. The van der Waals surface area contributed by atoms with E-state index in [4.69, 9.17) is 14.2 Å². The molecule has 38 heavy (non-hydrogen) atoms. The first-order valence-electron chi connectivity index (χ1n) is 13.9. The second-order valence-electron chi connectivity index (χ2n) is 11.4. The molecule has 8 nitrogen and oxygen atoms in total. The van der Waals surface area contributed by atoms with E-state index < -0.39 is 35.9 Å². The SMILES string of the molecule is CCC(O)C(C)C1OC1CC(C)/C=C/C=C(\C)C1OC(=O)CC(O)CCC(C)(O)C(OC(C)=O)/C=C\C1C. The Labute approximate surface area is 227 Å². The summed E-state index contributed by atoms with van der Waals surface area (Å²) in [6.07, 6.45) is 8.50. The van der Waals surface area contributed by atoms with Crippen LogP contribution < -0.4 is 0 Å². The van der Waals surface area contributed by atoms with Gasteiger partial charge >= 0.3 is 11.9 Å². The fraction of sp³-hybridized carbons (Fsp3) is 0.733. The van der Waals surface area contributed by atoms with Crippen molar-refractivity contribution in [3.63, 3.8) is 0 Å². The van der Waals surface area contributed by atoms with Gasteiger partial charge in [0.05, 0.1) is 30.8 Å². The van der Waals surface area contributed by atoms with E-state index in [0.29, 0.717) is 0 Å². The fourth-order valence-corrected chi connectivity index (χ4v) is 4.97. The van der Waals surface area contributed by atoms with Crippen LogP contribution in [0, 0.1) is 17.8 Å². The monoisotopic (exact) mass is 536 g/mol. The van der Waals surface area contributed by atoms with Gasteiger partial charge in [0.1, 0.15) is 17.8 Å². The first kappa shape index (κ1) is 32.2. The highest BCUT2D eigenvalue weighted by Crippen LogP contribution is 2.36. The molecule has 1 fully saturated rings. The van der Waals surface area contributed by atoms with Crippen LogP contribution >= 0.6 is 0 Å². The molecule has 216 valence electrons. The predicted octanol–water partition coefficient (Wildman–Crippen LogP) is 4.02. The molecule has 0 radical (unpaired) electrons. The van der Waals surface area contributed by atoms with Crippen LogP contribution in [-0.4, -0.2) is 69.5 Å². The zero-order valence-corrected chi connectivity index (χ0v) is 24.0. The summed E-state index contributed by atoms with van der Waals surface area (Å²) in [5.41, 5.74) is -0.580. The molecule has 0 aromatic rings. The predicted molar refractivity (Wildman–Crippen MR) is 145 cm³/mol. The number of epoxide rings is 1. The normalized spacial score (nSPS) is 36.4. The molecule has 0 aromatic carbocycles. The molecule has 1 saturated heterocycles. The van der Waals surface area contributed by atoms with Crippen LogP contribution in [-0.2, 0) is 23.8 Å². The molecule has 0 spiro atoms. The quantitative estimate of drug-likeness (QED) is 0.175. The zero-order valence-electron chi connectivity index (χ0n) is 24.0. The van der Waals surface area contributed by atoms with E-state index in [2.05, 4.69) is 13.0 Å². The first-order valence-corrected chi connectivity index (χ1v) is 13.9. The van der Waals surface area contributed by atoms with E-state index >= 15 is 0 Å². The summed E-state index contributed by atoms with van der Waals surface area (Å²) in [5, 5.41) is 31.3. The third kappa shape index (κ3) is 9.95. The highest BCUT2D eigenvalue weighted by molar-refractivity contribution is 5.70. The van der Waals surface area contributed by atoms with E-state index in [1.165, 1.54) is 6.92 Å². The summed E-state index contributed by atoms with van der Waals surface area (Å²) in [6, 6.07) is 0. The molecule has 2 aliphatic rings. The lowest BCUT2D eigenvalue weighted by Gasteiger charge is -2.32. The average Bonchev–Trinajstić information content (AvgIpc) is 3.60. The fourth-order valence-electron chi connectivity index (χ4n) is 4.97. The van der Waals surface area contributed by atoms with Crippen LogP contribution in [0.25, 0.3) is 0 Å². The molecule has 3 N–H and O–H groups in total. The summed E-state index contributed by atoms with van der Waals surface area (Å²) in [7, 11) is 0. The molecule has 10 unspecified atom stereocenters. The smallest absolute Gasteiger partial charge is 0.309 e. The van der Waals surface area contributed by atoms with E-state index in [1.54, 1.807) is 19.1 Å². The lowest BCUT2D eigenvalue weighted by Crippen LogP contribution is -2.42. The highest BCUT2D eigenvalue weighted by atomic mass is 16.6. The van der Waals surface area contributed by atoms with Crippen LogP contribution in [0.15, 0.2) is 36.0 Å². The number of hydrogen-bond donors (Lipinski definition) is 3. The molecule has 0 bridgehead atoms. The van der Waals surface area contributed by atoms with Crippen LogP contribution in [0.4, 0.5) is 0 Å². The van der Waals surface area contributed by atoms with Crippen molar-refractivity contribution in [1.29, 1.82) is 0 Å². The first-order chi connectivity index (χ1) is 17.7. The topological polar surface area (TPSA) is 126 Å². The van der Waals surface area contributed by atoms with Gasteiger partial charge in [-0.05, 0) is 57.1 Å². The minimum Gasteiger partial charge on any atom is -0.457 e. The van der Waals surface area contributed by atoms with E-state index in [9.17, 15) is 24.9 Å². The number of aliphatic hydroxyl groups is 3. The van der Waals surface area contributed by atoms with Gasteiger partial charge in [0.15, 0.2) is 0 Å². The van der Waals surface area contributed by atoms with Crippen LogP contribution in [0.5, 0.6) is 0 Å². The average molecular weight is 537 g/mol. The lowest BCUT2D eigenvalue weighted by molar-refractivity contribution is -0.157. The summed E-state index contributed by atoms with van der Waals surface area (Å²) in [5.74, 6) is -0.921. The minimum absolute atomic E-state index is 0.105. The molecule has 0 aromatic heterocycles. The Balaban J connectivity index is 2.12. The van der Waals surface area contributed by atoms with Gasteiger partial charge in [-0.2, -0.15) is 0 Å². The number of cyclic esters (lactones) is 1. The van der Waals surface area contributed by atoms with Gasteiger partial charge in [0, 0.05) is 18.8 Å². The van der Waals surface area contributed by atoms with Crippen molar-refractivity contribution in [2.24, 2.45) is 17.8 Å². The van der Waals surface area contributed by atoms with Crippen LogP contribution in [0.3, 0.4) is 0 Å². The molecule has 0 amide bonds. The number of aliphatic hydroxyl groups excluding tert-OH is 2. The van der Waals surface area contributed by atoms with Crippen LogP contribution in [0.2, 0.25) is 0 Å². The van der Waals surface area contributed by atoms with E-state index in [1.807, 2.05) is 39.8 Å². The maximum absolute atomic E-state index is 12.6. The van der Waals surface area contributed by atoms with Crippen molar-refractivity contribution >= 4 is 11.9 Å². The molecule has 10 atom stereocenters. The Morgan fingerprint density at radius 1 is 1.29 bits per heavy atom. The number of carbonyl (C=O) groups excluding carboxylic acids is 2. The largest absolute Gasteiger partial charge is 0.457 e. The highest BCUT2D eigenvalue weighted by Gasteiger charge is 2.45. The summed E-state index contributed by atoms with van der Waals surface area (Å²) >= 11 is 0. The Hall–Kier alpha value is -2.00. The number of rotatable bonds is 9. The maximum atomic E-state index is 12.6. The Morgan fingerprint density at radius 3 is 2.61 bits per heavy atom. The van der Waals surface area contributed by atoms with Crippen molar-refractivity contribution in [2.75, 3.05) is 0 Å². The molecular formula is C30H48O8. The number of ether oxygens (including phenoxy) is 3. The molecule has 2 rings (SSSR count). The maximum Gasteiger partial charge on any atom is 0.309 e. The van der Waals surface area contributed by atoms with Gasteiger partial charge in [-0.1, -0.05) is 52.0 Å². The third-order valence-electron chi connectivity index (χ3n) is 7.63. The van der Waals surface area contributed by atoms with Crippen LogP contribution in [0.1, 0.15) is 80.6 Å². The molecule has 0 saturated carbocycles. The molecule has 0 aliphatic carbocycles. The Bertz CT molecular complexity index is 875. The number of allylic oxidation sites excluding steroid dienone is 3. The number of esters is 2. The van der Waals surface area contributed by atoms with Gasteiger partial charge in [-0.25, -0.2) is 0 Å². The van der Waals surface area contributed by atoms with E-state index in [-0.39, 0.29) is 55.3 Å². The summed E-state index contributed by atoms with van der Waals surface area (Å²) < 4.78 is 16.9. The zero-order chi connectivity index (χ0) is 28.6. The molecule has 8 heteroatoms. The number of carbonyl (C=O) groups is 2. The van der Waals surface area contributed by atoms with Gasteiger partial charge in [-0.3, -0.25) is 9.59 Å². The Kier molecular flexibility index (Phi) is 12.2. The van der Waals surface area contributed by atoms with Crippen molar-refractivity contribution in [3.8, 4) is 0 Å². The van der Waals surface area contributed by atoms with Crippen molar-refractivity contribution in [3.05, 3.63) is 36.0 Å². The van der Waals surface area contributed by atoms with Gasteiger partial charge in [-0.15, -0.1) is 0 Å². The molecule has 2 heterocycles. The van der Waals surface area contributed by atoms with Crippen molar-refractivity contribution in [1.82, 2.24) is 0 Å². The second kappa shape index (κ2) is 14.4. The van der Waals surface area contributed by atoms with Crippen molar-refractivity contribution < 1.29 is 39.1 Å². The van der Waals surface area contributed by atoms with Gasteiger partial charge in [0.25, 0.3) is 0 Å². The minimum atomic E-state index is -1.40.